The molecule has 4 nitrogen and oxygen atoms in total. The second-order valence-corrected chi connectivity index (χ2v) is 22.6. The van der Waals surface area contributed by atoms with Crippen molar-refractivity contribution in [2.75, 3.05) is 34.2 Å². The molecule has 0 amide bonds. The van der Waals surface area contributed by atoms with Gasteiger partial charge in [-0.1, -0.05) is 137 Å². The zero-order valence-corrected chi connectivity index (χ0v) is 36.7. The predicted octanol–water partition coefficient (Wildman–Crippen LogP) is 9.37. The summed E-state index contributed by atoms with van der Waals surface area (Å²) < 4.78 is 19.8. The minimum Gasteiger partial charge on any atom is -0.374 e. The number of hydrogen-bond donors (Lipinski definition) is 0. The minimum atomic E-state index is -3.10. The molecule has 58 heavy (non-hydrogen) atoms. The zero-order chi connectivity index (χ0) is 40.7. The summed E-state index contributed by atoms with van der Waals surface area (Å²) in [5.74, 6) is 0.607. The van der Waals surface area contributed by atoms with Gasteiger partial charge in [0.25, 0.3) is 0 Å². The third-order valence-electron chi connectivity index (χ3n) is 12.9. The van der Waals surface area contributed by atoms with Crippen LogP contribution in [0.2, 0.25) is 6.55 Å². The largest absolute Gasteiger partial charge is 0.374 e. The zero-order valence-electron chi connectivity index (χ0n) is 35.7. The molecule has 2 heterocycles. The van der Waals surface area contributed by atoms with Gasteiger partial charge in [-0.2, -0.15) is 0 Å². The van der Waals surface area contributed by atoms with Crippen LogP contribution in [0.4, 0.5) is 4.39 Å². The van der Waals surface area contributed by atoms with E-state index in [-0.39, 0.29) is 21.8 Å². The van der Waals surface area contributed by atoms with E-state index < -0.39 is 8.07 Å². The second-order valence-electron chi connectivity index (χ2n) is 18.7. The van der Waals surface area contributed by atoms with Gasteiger partial charge in [-0.3, -0.25) is 0 Å². The average molecular weight is 787 g/mol. The Kier molecular flexibility index (Phi) is 9.25. The first-order chi connectivity index (χ1) is 27.7. The number of aryl methyl sites for hydroxylation is 1. The van der Waals surface area contributed by atoms with Crippen LogP contribution in [0.15, 0.2) is 115 Å². The average Bonchev–Trinajstić information content (AvgIpc) is 3.92. The van der Waals surface area contributed by atoms with Gasteiger partial charge >= 0.3 is 0 Å². The molecule has 1 saturated heterocycles. The minimum absolute atomic E-state index is 0.0755. The fourth-order valence-electron chi connectivity index (χ4n) is 10.2. The molecule has 296 valence electrons. The van der Waals surface area contributed by atoms with Gasteiger partial charge in [-0.05, 0) is 75.2 Å². The number of hydroxylamine groups is 3. The van der Waals surface area contributed by atoms with Crippen LogP contribution in [0.25, 0.3) is 49.2 Å². The number of nitrogens with zero attached hydrogens (tertiary/aromatic N) is 3. The van der Waals surface area contributed by atoms with Crippen molar-refractivity contribution in [1.29, 1.82) is 0 Å². The number of fused-ring (bicyclic) bond motifs is 6. The monoisotopic (exact) mass is 786 g/mol. The van der Waals surface area contributed by atoms with E-state index in [1.165, 1.54) is 61.3 Å². The van der Waals surface area contributed by atoms with Crippen LogP contribution in [0.5, 0.6) is 5.75 Å². The van der Waals surface area contributed by atoms with Gasteiger partial charge in [0, 0.05) is 51.9 Å². The third-order valence-corrected chi connectivity index (χ3v) is 17.7. The summed E-state index contributed by atoms with van der Waals surface area (Å²) in [4.78, 5) is 9.95. The maximum atomic E-state index is 17.2. The first-order valence-corrected chi connectivity index (χ1v) is 23.7. The SMILES string of the molecule is CCc1ccc2c3ccc(C(C)(C)C)cc3n(-c3cc(F)cc([Si@](C)(C4=c5ccc6ccccc6c5=C(N5CCCC5)[C@H]4C)c4ccccc4)c3O[N+](C)(C)C)c2c1. The molecule has 1 fully saturated rings. The fraction of sp³-hybridized carbons (Fsp3) is 0.308. The molecule has 0 spiro atoms. The summed E-state index contributed by atoms with van der Waals surface area (Å²) in [5.41, 5.74) is 6.69. The molecule has 1 aliphatic heterocycles. The van der Waals surface area contributed by atoms with Gasteiger partial charge in [-0.15, -0.1) is 4.65 Å². The molecule has 1 aromatic heterocycles. The summed E-state index contributed by atoms with van der Waals surface area (Å²) in [6, 6.07) is 41.7. The smallest absolute Gasteiger partial charge is 0.214 e. The van der Waals surface area contributed by atoms with Crippen LogP contribution in [-0.4, -0.2) is 56.4 Å². The van der Waals surface area contributed by atoms with Crippen LogP contribution in [0, 0.1) is 11.7 Å². The van der Waals surface area contributed by atoms with Crippen LogP contribution >= 0.6 is 0 Å². The van der Waals surface area contributed by atoms with Crippen LogP contribution in [0.1, 0.15) is 58.6 Å². The van der Waals surface area contributed by atoms with Crippen molar-refractivity contribution in [1.82, 2.24) is 9.47 Å². The summed E-state index contributed by atoms with van der Waals surface area (Å²) in [6.45, 7) is 16.0. The van der Waals surface area contributed by atoms with E-state index >= 15 is 4.39 Å². The van der Waals surface area contributed by atoms with Crippen molar-refractivity contribution in [3.05, 3.63) is 143 Å². The highest BCUT2D eigenvalue weighted by Crippen LogP contribution is 2.42. The number of aromatic nitrogens is 1. The highest BCUT2D eigenvalue weighted by molar-refractivity contribution is 7.14. The molecular weight excluding hydrogens is 730 g/mol. The van der Waals surface area contributed by atoms with Gasteiger partial charge in [-0.25, -0.2) is 4.39 Å². The first-order valence-electron chi connectivity index (χ1n) is 21.2. The third kappa shape index (κ3) is 6.19. The Morgan fingerprint density at radius 3 is 2.14 bits per heavy atom. The topological polar surface area (TPSA) is 17.4 Å². The van der Waals surface area contributed by atoms with E-state index in [0.29, 0.717) is 0 Å². The molecular formula is C52H57FN3OSi+. The van der Waals surface area contributed by atoms with Gasteiger partial charge in [0.1, 0.15) is 35.0 Å². The maximum absolute atomic E-state index is 17.2. The van der Waals surface area contributed by atoms with Crippen LogP contribution in [0.3, 0.4) is 0 Å². The molecule has 0 N–H and O–H groups in total. The molecule has 0 unspecified atom stereocenters. The van der Waals surface area contributed by atoms with Crippen molar-refractivity contribution in [3.63, 3.8) is 0 Å². The van der Waals surface area contributed by atoms with Gasteiger partial charge in [0.2, 0.25) is 5.75 Å². The van der Waals surface area contributed by atoms with Gasteiger partial charge in [0.05, 0.1) is 16.7 Å². The summed E-state index contributed by atoms with van der Waals surface area (Å²) in [7, 11) is 3.08. The van der Waals surface area contributed by atoms with Crippen LogP contribution < -0.4 is 25.6 Å². The molecule has 0 saturated carbocycles. The van der Waals surface area contributed by atoms with E-state index in [1.54, 1.807) is 6.07 Å². The summed E-state index contributed by atoms with van der Waals surface area (Å²) in [5, 5.41) is 11.1. The first kappa shape index (κ1) is 38.4. The van der Waals surface area contributed by atoms with Gasteiger partial charge in [0.15, 0.2) is 0 Å². The number of quaternary nitrogens is 1. The Morgan fingerprint density at radius 2 is 1.45 bits per heavy atom. The normalized spacial score (nSPS) is 17.1. The van der Waals surface area contributed by atoms with E-state index in [4.69, 9.17) is 4.84 Å². The second kappa shape index (κ2) is 14.0. The van der Waals surface area contributed by atoms with E-state index in [9.17, 15) is 0 Å². The summed E-state index contributed by atoms with van der Waals surface area (Å²) in [6.07, 6.45) is 3.30. The molecule has 1 aliphatic carbocycles. The van der Waals surface area contributed by atoms with E-state index in [2.05, 4.69) is 175 Å². The molecule has 2 aliphatic rings. The Morgan fingerprint density at radius 1 is 0.776 bits per heavy atom. The van der Waals surface area contributed by atoms with Gasteiger partial charge < -0.3 is 14.3 Å². The Hall–Kier alpha value is -5.17. The Labute approximate surface area is 344 Å². The summed E-state index contributed by atoms with van der Waals surface area (Å²) >= 11 is 0. The number of halogens is 1. The van der Waals surface area contributed by atoms with E-state index in [1.807, 2.05) is 6.07 Å². The fourth-order valence-corrected chi connectivity index (χ4v) is 14.8. The molecule has 6 aromatic carbocycles. The predicted molar refractivity (Wildman–Crippen MR) is 245 cm³/mol. The molecule has 6 heteroatoms. The highest BCUT2D eigenvalue weighted by atomic mass is 28.3. The van der Waals surface area contributed by atoms with Crippen molar-refractivity contribution in [2.24, 2.45) is 5.92 Å². The van der Waals surface area contributed by atoms with Crippen molar-refractivity contribution in [3.8, 4) is 11.4 Å². The van der Waals surface area contributed by atoms with Crippen molar-refractivity contribution < 1.29 is 13.9 Å². The van der Waals surface area contributed by atoms with Crippen molar-refractivity contribution >= 4 is 61.9 Å². The van der Waals surface area contributed by atoms with Crippen LogP contribution in [-0.2, 0) is 11.8 Å². The molecule has 0 radical (unpaired) electrons. The number of hydrogen-bond acceptors (Lipinski definition) is 2. The maximum Gasteiger partial charge on any atom is 0.214 e. The lowest BCUT2D eigenvalue weighted by Gasteiger charge is -2.37. The lowest BCUT2D eigenvalue weighted by molar-refractivity contribution is -1.03. The Balaban J connectivity index is 1.45. The number of benzene rings is 6. The lowest BCUT2D eigenvalue weighted by Crippen LogP contribution is -2.60. The van der Waals surface area contributed by atoms with E-state index in [0.717, 1.165) is 57.9 Å². The molecule has 2 atom stereocenters. The Bertz CT molecular complexity index is 2880. The molecule has 9 rings (SSSR count). The lowest BCUT2D eigenvalue weighted by atomic mass is 9.86. The molecule has 7 aromatic rings. The number of rotatable bonds is 8. The number of likely N-dealkylation sites (tertiary alicyclic amines) is 1. The van der Waals surface area contributed by atoms with Crippen molar-refractivity contribution in [2.45, 2.75) is 65.8 Å². The highest BCUT2D eigenvalue weighted by Gasteiger charge is 2.47. The standard InChI is InChI=1S/C52H57FN3OSi/c1-10-35-22-25-41-42-27-24-37(52(3,4)5)31-45(42)55(44(41)30-35)46-32-38(53)33-47(50(46)57-56(6,7)8)58(9,39-19-12-11-13-20-39)51-34(2)49(54-28-16-17-29-54)48-40-21-15-14-18-36(40)23-26-43(48)51/h11-15,18-27,30-34H,10,16-17,28-29H2,1-9H3/q+1/t34-,58-/m1/s1. The quantitative estimate of drug-likeness (QED) is 0.0869. The molecule has 0 bridgehead atoms.